The van der Waals surface area contributed by atoms with E-state index >= 15 is 0 Å². The lowest BCUT2D eigenvalue weighted by Gasteiger charge is -1.85. The van der Waals surface area contributed by atoms with Gasteiger partial charge in [0.1, 0.15) is 0 Å². The van der Waals surface area contributed by atoms with Crippen molar-refractivity contribution < 1.29 is 14.3 Å². The van der Waals surface area contributed by atoms with Crippen LogP contribution in [0.5, 0.6) is 0 Å². The molecule has 0 saturated heterocycles. The van der Waals surface area contributed by atoms with Crippen LogP contribution in [0.3, 0.4) is 0 Å². The minimum absolute atomic E-state index is 0.0272. The van der Waals surface area contributed by atoms with Gasteiger partial charge in [0.25, 0.3) is 0 Å². The zero-order valence-electron chi connectivity index (χ0n) is 4.90. The average Bonchev–Trinajstić information content (AvgIpc) is 2.17. The predicted molar refractivity (Wildman–Crippen MR) is 63.8 cm³/mol. The van der Waals surface area contributed by atoms with Crippen molar-refractivity contribution in [1.82, 2.24) is 0 Å². The van der Waals surface area contributed by atoms with E-state index in [1.54, 1.807) is 0 Å². The van der Waals surface area contributed by atoms with E-state index in [-0.39, 0.29) is 5.76 Å². The topological polar surface area (TPSA) is 50.4 Å². The minimum atomic E-state index is -1.02. The SMILES string of the molecule is O=C(O)c1oc(I)c(I)c1I. The molecule has 0 saturated carbocycles. The van der Waals surface area contributed by atoms with E-state index in [4.69, 9.17) is 9.52 Å². The van der Waals surface area contributed by atoms with Gasteiger partial charge in [-0.1, -0.05) is 0 Å². The van der Waals surface area contributed by atoms with E-state index in [1.165, 1.54) is 0 Å². The molecule has 3 nitrogen and oxygen atoms in total. The van der Waals surface area contributed by atoms with Crippen molar-refractivity contribution >= 4 is 73.7 Å². The first-order valence-corrected chi connectivity index (χ1v) is 5.64. The molecule has 0 unspecified atom stereocenters. The maximum Gasteiger partial charge on any atom is 0.373 e. The second kappa shape index (κ2) is 3.77. The zero-order chi connectivity index (χ0) is 8.59. The lowest BCUT2D eigenvalue weighted by atomic mass is 10.5. The van der Waals surface area contributed by atoms with E-state index in [0.717, 1.165) is 3.57 Å². The molecule has 60 valence electrons. The average molecular weight is 490 g/mol. The Bertz CT molecular complexity index is 304. The number of halogens is 3. The molecule has 0 aromatic carbocycles. The maximum absolute atomic E-state index is 10.5. The van der Waals surface area contributed by atoms with Gasteiger partial charge in [-0.25, -0.2) is 4.79 Å². The van der Waals surface area contributed by atoms with Gasteiger partial charge in [-0.3, -0.25) is 0 Å². The Labute approximate surface area is 103 Å². The van der Waals surface area contributed by atoms with E-state index in [2.05, 4.69) is 22.6 Å². The highest BCUT2D eigenvalue weighted by Gasteiger charge is 2.19. The lowest BCUT2D eigenvalue weighted by molar-refractivity contribution is 0.0659. The molecule has 1 heterocycles. The van der Waals surface area contributed by atoms with Gasteiger partial charge in [0, 0.05) is 22.6 Å². The first-order chi connectivity index (χ1) is 5.04. The highest BCUT2D eigenvalue weighted by atomic mass is 127. The minimum Gasteiger partial charge on any atom is -0.475 e. The number of aromatic carboxylic acids is 1. The van der Waals surface area contributed by atoms with Crippen LogP contribution in [0.1, 0.15) is 10.6 Å². The quantitative estimate of drug-likeness (QED) is 0.617. The Kier molecular flexibility index (Phi) is 3.43. The summed E-state index contributed by atoms with van der Waals surface area (Å²) in [7, 11) is 0. The van der Waals surface area contributed by atoms with Crippen LogP contribution in [-0.4, -0.2) is 11.1 Å². The van der Waals surface area contributed by atoms with E-state index in [1.807, 2.05) is 45.2 Å². The fourth-order valence-electron chi connectivity index (χ4n) is 0.503. The molecule has 1 N–H and O–H groups in total. The number of carboxylic acid groups (broad SMARTS) is 1. The third-order valence-corrected chi connectivity index (χ3v) is 5.83. The van der Waals surface area contributed by atoms with E-state index < -0.39 is 5.97 Å². The first-order valence-electron chi connectivity index (χ1n) is 2.40. The molecule has 0 fully saturated rings. The van der Waals surface area contributed by atoms with Gasteiger partial charge in [-0.05, 0) is 45.2 Å². The predicted octanol–water partition coefficient (Wildman–Crippen LogP) is 2.79. The first kappa shape index (κ1) is 10.0. The van der Waals surface area contributed by atoms with Crippen molar-refractivity contribution in [2.45, 2.75) is 0 Å². The van der Waals surface area contributed by atoms with Crippen molar-refractivity contribution in [2.75, 3.05) is 0 Å². The number of carbonyl (C=O) groups is 1. The van der Waals surface area contributed by atoms with Crippen LogP contribution in [0.25, 0.3) is 0 Å². The summed E-state index contributed by atoms with van der Waals surface area (Å²) in [6.45, 7) is 0. The number of rotatable bonds is 1. The third-order valence-electron chi connectivity index (χ3n) is 0.951. The van der Waals surface area contributed by atoms with Gasteiger partial charge in [0.05, 0.1) is 7.14 Å². The largest absolute Gasteiger partial charge is 0.475 e. The van der Waals surface area contributed by atoms with Crippen LogP contribution < -0.4 is 0 Å². The summed E-state index contributed by atoms with van der Waals surface area (Å²) in [6.07, 6.45) is 0. The fraction of sp³-hybridized carbons (Fsp3) is 0. The molecule has 6 heteroatoms. The third kappa shape index (κ3) is 1.99. The van der Waals surface area contributed by atoms with Crippen molar-refractivity contribution in [1.29, 1.82) is 0 Å². The van der Waals surface area contributed by atoms with Gasteiger partial charge in [0.15, 0.2) is 3.77 Å². The van der Waals surface area contributed by atoms with Gasteiger partial charge in [0.2, 0.25) is 5.76 Å². The number of carboxylic acids is 1. The molecule has 0 bridgehead atoms. The Morgan fingerprint density at radius 3 is 2.00 bits per heavy atom. The van der Waals surface area contributed by atoms with Crippen molar-refractivity contribution in [3.8, 4) is 0 Å². The summed E-state index contributed by atoms with van der Waals surface area (Å²) >= 11 is 5.97. The molecule has 1 rings (SSSR count). The van der Waals surface area contributed by atoms with Crippen LogP contribution in [0.2, 0.25) is 0 Å². The van der Waals surface area contributed by atoms with Gasteiger partial charge < -0.3 is 9.52 Å². The summed E-state index contributed by atoms with van der Waals surface area (Å²) < 4.78 is 7.14. The van der Waals surface area contributed by atoms with Crippen LogP contribution in [0.15, 0.2) is 4.42 Å². The smallest absolute Gasteiger partial charge is 0.373 e. The summed E-state index contributed by atoms with van der Waals surface area (Å²) in [6, 6.07) is 0. The molecule has 0 atom stereocenters. The van der Waals surface area contributed by atoms with Gasteiger partial charge >= 0.3 is 5.97 Å². The van der Waals surface area contributed by atoms with Crippen molar-refractivity contribution in [2.24, 2.45) is 0 Å². The second-order valence-electron chi connectivity index (χ2n) is 1.64. The van der Waals surface area contributed by atoms with Crippen molar-refractivity contribution in [3.63, 3.8) is 0 Å². The number of hydrogen-bond donors (Lipinski definition) is 1. The van der Waals surface area contributed by atoms with Crippen LogP contribution in [0, 0.1) is 10.9 Å². The number of furan rings is 1. The fourth-order valence-corrected chi connectivity index (χ4v) is 2.45. The Hall–Kier alpha value is 0.940. The van der Waals surface area contributed by atoms with E-state index in [0.29, 0.717) is 7.34 Å². The standard InChI is InChI=1S/C5HI3O3/c6-1-2(7)4(8)11-3(1)5(9)10/h(H,9,10). The van der Waals surface area contributed by atoms with Gasteiger partial charge in [-0.15, -0.1) is 0 Å². The molecule has 0 aliphatic rings. The second-order valence-corrected chi connectivity index (χ2v) is 4.78. The Balaban J connectivity index is 3.29. The maximum atomic E-state index is 10.5. The highest BCUT2D eigenvalue weighted by Crippen LogP contribution is 2.27. The highest BCUT2D eigenvalue weighted by molar-refractivity contribution is 14.1. The number of hydrogen-bond acceptors (Lipinski definition) is 2. The zero-order valence-corrected chi connectivity index (χ0v) is 11.4. The summed E-state index contributed by atoms with van der Waals surface area (Å²) in [5.41, 5.74) is 0. The monoisotopic (exact) mass is 490 g/mol. The molecule has 1 aromatic heterocycles. The normalized spacial score (nSPS) is 10.1. The Morgan fingerprint density at radius 2 is 1.82 bits per heavy atom. The van der Waals surface area contributed by atoms with Crippen LogP contribution in [-0.2, 0) is 0 Å². The molecule has 0 aliphatic carbocycles. The molecule has 11 heavy (non-hydrogen) atoms. The van der Waals surface area contributed by atoms with Crippen LogP contribution in [0.4, 0.5) is 0 Å². The molecular weight excluding hydrogens is 489 g/mol. The molecular formula is C5HI3O3. The molecule has 0 radical (unpaired) electrons. The summed E-state index contributed by atoms with van der Waals surface area (Å²) in [4.78, 5) is 10.5. The summed E-state index contributed by atoms with van der Waals surface area (Å²) in [5, 5.41) is 8.60. The molecule has 0 aliphatic heterocycles. The van der Waals surface area contributed by atoms with Crippen LogP contribution >= 0.6 is 67.8 Å². The molecule has 0 amide bonds. The Morgan fingerprint density at radius 1 is 1.27 bits per heavy atom. The lowest BCUT2D eigenvalue weighted by Crippen LogP contribution is -1.95. The molecule has 0 spiro atoms. The van der Waals surface area contributed by atoms with Crippen molar-refractivity contribution in [3.05, 3.63) is 16.7 Å². The van der Waals surface area contributed by atoms with E-state index in [9.17, 15) is 4.79 Å². The summed E-state index contributed by atoms with van der Waals surface area (Å²) in [5.74, 6) is -0.991. The molecule has 1 aromatic rings. The van der Waals surface area contributed by atoms with Gasteiger partial charge in [-0.2, -0.15) is 0 Å².